The van der Waals surface area contributed by atoms with E-state index >= 15 is 0 Å². The van der Waals surface area contributed by atoms with Gasteiger partial charge in [0.25, 0.3) is 0 Å². The molecule has 3 rings (SSSR count). The molecule has 1 aromatic heterocycles. The van der Waals surface area contributed by atoms with Gasteiger partial charge < -0.3 is 10.3 Å². The van der Waals surface area contributed by atoms with E-state index in [0.29, 0.717) is 6.04 Å². The van der Waals surface area contributed by atoms with E-state index in [1.807, 2.05) is 6.07 Å². The van der Waals surface area contributed by atoms with E-state index in [-0.39, 0.29) is 0 Å². The number of aromatic nitrogens is 1. The van der Waals surface area contributed by atoms with Gasteiger partial charge in [0.1, 0.15) is 0 Å². The number of aromatic amines is 1. The molecular formula is C13H15ClN2. The van der Waals surface area contributed by atoms with E-state index in [1.165, 1.54) is 22.2 Å². The average molecular weight is 235 g/mol. The zero-order chi connectivity index (χ0) is 11.3. The minimum absolute atomic E-state index is 0.411. The normalized spacial score (nSPS) is 20.1. The molecule has 84 valence electrons. The topological polar surface area (TPSA) is 27.8 Å². The Bertz CT molecular complexity index is 557. The second-order valence-electron chi connectivity index (χ2n) is 4.54. The molecule has 1 aliphatic rings. The third kappa shape index (κ3) is 1.30. The summed E-state index contributed by atoms with van der Waals surface area (Å²) in [7, 11) is 0. The van der Waals surface area contributed by atoms with Crippen LogP contribution in [0.2, 0.25) is 5.02 Å². The monoisotopic (exact) mass is 234 g/mol. The van der Waals surface area contributed by atoms with Gasteiger partial charge >= 0.3 is 0 Å². The Morgan fingerprint density at radius 2 is 2.19 bits per heavy atom. The first-order chi connectivity index (χ1) is 7.68. The maximum absolute atomic E-state index is 6.15. The van der Waals surface area contributed by atoms with Crippen LogP contribution in [0.3, 0.4) is 0 Å². The molecule has 1 aromatic carbocycles. The number of hydrogen-bond donors (Lipinski definition) is 2. The summed E-state index contributed by atoms with van der Waals surface area (Å²) in [5, 5.41) is 5.65. The molecular weight excluding hydrogens is 220 g/mol. The summed E-state index contributed by atoms with van der Waals surface area (Å²) in [5.41, 5.74) is 5.14. The lowest BCUT2D eigenvalue weighted by Crippen LogP contribution is -2.27. The minimum atomic E-state index is 0.411. The van der Waals surface area contributed by atoms with E-state index in [2.05, 4.69) is 30.2 Å². The molecule has 16 heavy (non-hydrogen) atoms. The fourth-order valence-corrected chi connectivity index (χ4v) is 2.77. The molecule has 0 saturated heterocycles. The molecule has 0 fully saturated rings. The van der Waals surface area contributed by atoms with E-state index in [0.717, 1.165) is 23.6 Å². The van der Waals surface area contributed by atoms with Gasteiger partial charge in [0.05, 0.1) is 5.52 Å². The van der Waals surface area contributed by atoms with Crippen molar-refractivity contribution in [3.05, 3.63) is 34.0 Å². The van der Waals surface area contributed by atoms with Gasteiger partial charge in [-0.25, -0.2) is 0 Å². The van der Waals surface area contributed by atoms with Gasteiger partial charge in [0.15, 0.2) is 0 Å². The minimum Gasteiger partial charge on any atom is -0.357 e. The quantitative estimate of drug-likeness (QED) is 0.719. The van der Waals surface area contributed by atoms with Crippen molar-refractivity contribution in [2.24, 2.45) is 0 Å². The van der Waals surface area contributed by atoms with Crippen LogP contribution in [0, 0.1) is 6.92 Å². The Morgan fingerprint density at radius 3 is 3.00 bits per heavy atom. The second kappa shape index (κ2) is 3.51. The van der Waals surface area contributed by atoms with Crippen LogP contribution in [-0.4, -0.2) is 11.5 Å². The van der Waals surface area contributed by atoms with Crippen molar-refractivity contribution in [2.75, 3.05) is 6.54 Å². The number of hydrogen-bond acceptors (Lipinski definition) is 1. The Kier molecular flexibility index (Phi) is 2.23. The first-order valence-electron chi connectivity index (χ1n) is 5.71. The van der Waals surface area contributed by atoms with Crippen molar-refractivity contribution < 1.29 is 0 Å². The van der Waals surface area contributed by atoms with Crippen molar-refractivity contribution in [1.29, 1.82) is 0 Å². The summed E-state index contributed by atoms with van der Waals surface area (Å²) in [4.78, 5) is 3.53. The van der Waals surface area contributed by atoms with Crippen LogP contribution in [0.4, 0.5) is 0 Å². The smallest absolute Gasteiger partial charge is 0.0504 e. The third-order valence-electron chi connectivity index (χ3n) is 3.57. The van der Waals surface area contributed by atoms with Crippen LogP contribution >= 0.6 is 11.6 Å². The summed E-state index contributed by atoms with van der Waals surface area (Å²) in [5.74, 6) is 0. The predicted molar refractivity (Wildman–Crippen MR) is 68.2 cm³/mol. The zero-order valence-corrected chi connectivity index (χ0v) is 10.3. The fourth-order valence-electron chi connectivity index (χ4n) is 2.61. The van der Waals surface area contributed by atoms with Crippen LogP contribution in [-0.2, 0) is 6.42 Å². The summed E-state index contributed by atoms with van der Waals surface area (Å²) in [6.45, 7) is 5.33. The van der Waals surface area contributed by atoms with Gasteiger partial charge in [0.2, 0.25) is 0 Å². The van der Waals surface area contributed by atoms with Crippen LogP contribution in [0.5, 0.6) is 0 Å². The van der Waals surface area contributed by atoms with Gasteiger partial charge in [-0.05, 0) is 44.0 Å². The lowest BCUT2D eigenvalue weighted by atomic mass is 10.00. The highest BCUT2D eigenvalue weighted by atomic mass is 35.5. The second-order valence-corrected chi connectivity index (χ2v) is 4.95. The number of aryl methyl sites for hydroxylation is 1. The molecule has 1 unspecified atom stereocenters. The van der Waals surface area contributed by atoms with Crippen molar-refractivity contribution >= 4 is 22.5 Å². The zero-order valence-electron chi connectivity index (χ0n) is 9.52. The molecule has 2 heterocycles. The molecule has 0 aliphatic carbocycles. The van der Waals surface area contributed by atoms with Crippen molar-refractivity contribution in [3.63, 3.8) is 0 Å². The summed E-state index contributed by atoms with van der Waals surface area (Å²) in [6.07, 6.45) is 1.10. The summed E-state index contributed by atoms with van der Waals surface area (Å²) in [6, 6.07) is 4.55. The maximum Gasteiger partial charge on any atom is 0.0504 e. The molecule has 0 spiro atoms. The molecule has 0 amide bonds. The molecule has 1 atom stereocenters. The van der Waals surface area contributed by atoms with Gasteiger partial charge in [0, 0.05) is 22.1 Å². The highest BCUT2D eigenvalue weighted by Gasteiger charge is 2.21. The van der Waals surface area contributed by atoms with E-state index in [4.69, 9.17) is 11.6 Å². The van der Waals surface area contributed by atoms with Gasteiger partial charge in [-0.2, -0.15) is 0 Å². The number of H-pyrrole nitrogens is 1. The Hall–Kier alpha value is -0.990. The molecule has 2 N–H and O–H groups in total. The maximum atomic E-state index is 6.15. The first kappa shape index (κ1) is 10.2. The van der Waals surface area contributed by atoms with Gasteiger partial charge in [-0.15, -0.1) is 0 Å². The van der Waals surface area contributed by atoms with Crippen LogP contribution in [0.15, 0.2) is 12.1 Å². The highest BCUT2D eigenvalue weighted by molar-refractivity contribution is 6.32. The van der Waals surface area contributed by atoms with Crippen LogP contribution in [0.1, 0.15) is 29.8 Å². The largest absolute Gasteiger partial charge is 0.357 e. The molecule has 3 heteroatoms. The van der Waals surface area contributed by atoms with Crippen LogP contribution < -0.4 is 5.32 Å². The summed E-state index contributed by atoms with van der Waals surface area (Å²) >= 11 is 6.15. The predicted octanol–water partition coefficient (Wildman–Crippen LogP) is 3.34. The number of benzene rings is 1. The van der Waals surface area contributed by atoms with E-state index in [9.17, 15) is 0 Å². The van der Waals surface area contributed by atoms with Crippen molar-refractivity contribution in [1.82, 2.24) is 10.3 Å². The molecule has 0 saturated carbocycles. The van der Waals surface area contributed by atoms with Crippen molar-refractivity contribution in [2.45, 2.75) is 26.3 Å². The molecule has 2 aromatic rings. The van der Waals surface area contributed by atoms with Gasteiger partial charge in [-0.1, -0.05) is 17.7 Å². The molecule has 1 aliphatic heterocycles. The lowest BCUT2D eigenvalue weighted by molar-refractivity contribution is 0.533. The average Bonchev–Trinajstić information content (AvgIpc) is 2.65. The number of halogens is 1. The summed E-state index contributed by atoms with van der Waals surface area (Å²) < 4.78 is 0. The first-order valence-corrected chi connectivity index (χ1v) is 6.09. The molecule has 0 radical (unpaired) electrons. The lowest BCUT2D eigenvalue weighted by Gasteiger charge is -2.20. The van der Waals surface area contributed by atoms with Gasteiger partial charge in [-0.3, -0.25) is 0 Å². The number of nitrogens with one attached hydrogen (secondary N) is 2. The van der Waals surface area contributed by atoms with E-state index in [1.54, 1.807) is 0 Å². The Morgan fingerprint density at radius 1 is 1.38 bits per heavy atom. The van der Waals surface area contributed by atoms with Crippen molar-refractivity contribution in [3.8, 4) is 0 Å². The van der Waals surface area contributed by atoms with Crippen LogP contribution in [0.25, 0.3) is 10.9 Å². The number of rotatable bonds is 0. The standard InChI is InChI=1S/C13H15ClN2/c1-7-11(14)4-3-9-10-5-6-15-8(2)13(10)16-12(7)9/h3-4,8,15-16H,5-6H2,1-2H3. The fraction of sp³-hybridized carbons (Fsp3) is 0.385. The number of fused-ring (bicyclic) bond motifs is 3. The SMILES string of the molecule is Cc1c(Cl)ccc2c3c([nH]c12)C(C)NCC3. The third-order valence-corrected chi connectivity index (χ3v) is 3.98. The Labute approximate surface area is 100.0 Å². The highest BCUT2D eigenvalue weighted by Crippen LogP contribution is 2.33. The van der Waals surface area contributed by atoms with E-state index < -0.39 is 0 Å². The Balaban J connectivity index is 2.35. The molecule has 0 bridgehead atoms. The molecule has 2 nitrogen and oxygen atoms in total.